The zero-order valence-electron chi connectivity index (χ0n) is 11.4. The highest BCUT2D eigenvalue weighted by molar-refractivity contribution is 5.79. The Morgan fingerprint density at radius 2 is 2.05 bits per heavy atom. The molecule has 1 unspecified atom stereocenters. The SMILES string of the molecule is COC(=O)C(C)(N)CCOc1cc(F)c([N+](=O)[O-])cc1F. The van der Waals surface area contributed by atoms with Crippen molar-refractivity contribution in [2.75, 3.05) is 13.7 Å². The molecule has 9 heteroatoms. The molecule has 0 bridgehead atoms. The molecule has 7 nitrogen and oxygen atoms in total. The number of hydrogen-bond acceptors (Lipinski definition) is 6. The lowest BCUT2D eigenvalue weighted by molar-refractivity contribution is -0.387. The minimum absolute atomic E-state index is 0.0162. The van der Waals surface area contributed by atoms with Gasteiger partial charge in [0.25, 0.3) is 0 Å². The van der Waals surface area contributed by atoms with Crippen molar-refractivity contribution < 1.29 is 28.0 Å². The molecule has 1 atom stereocenters. The van der Waals surface area contributed by atoms with Gasteiger partial charge in [-0.15, -0.1) is 0 Å². The molecule has 1 aromatic carbocycles. The van der Waals surface area contributed by atoms with Crippen LogP contribution in [0.25, 0.3) is 0 Å². The number of hydrogen-bond donors (Lipinski definition) is 1. The Labute approximate surface area is 118 Å². The minimum Gasteiger partial charge on any atom is -0.490 e. The molecule has 1 rings (SSSR count). The van der Waals surface area contributed by atoms with Crippen LogP contribution >= 0.6 is 0 Å². The van der Waals surface area contributed by atoms with E-state index in [4.69, 9.17) is 10.5 Å². The van der Waals surface area contributed by atoms with E-state index in [-0.39, 0.29) is 13.0 Å². The molecule has 0 saturated carbocycles. The van der Waals surface area contributed by atoms with Crippen LogP contribution in [0.5, 0.6) is 5.75 Å². The van der Waals surface area contributed by atoms with Crippen molar-refractivity contribution in [2.24, 2.45) is 5.73 Å². The third-order valence-electron chi connectivity index (χ3n) is 2.73. The van der Waals surface area contributed by atoms with Crippen LogP contribution in [0, 0.1) is 21.7 Å². The molecular weight excluding hydrogens is 290 g/mol. The molecule has 0 aliphatic heterocycles. The normalized spacial score (nSPS) is 13.4. The van der Waals surface area contributed by atoms with Crippen LogP contribution in [0.3, 0.4) is 0 Å². The van der Waals surface area contributed by atoms with E-state index in [0.717, 1.165) is 0 Å². The second-order valence-electron chi connectivity index (χ2n) is 4.50. The van der Waals surface area contributed by atoms with Crippen LogP contribution in [0.4, 0.5) is 14.5 Å². The molecule has 116 valence electrons. The van der Waals surface area contributed by atoms with Crippen LogP contribution in [0.1, 0.15) is 13.3 Å². The number of carbonyl (C=O) groups is 1. The van der Waals surface area contributed by atoms with Crippen LogP contribution in [0.15, 0.2) is 12.1 Å². The van der Waals surface area contributed by atoms with Crippen molar-refractivity contribution in [3.63, 3.8) is 0 Å². The first kappa shape index (κ1) is 16.8. The molecule has 0 aliphatic carbocycles. The summed E-state index contributed by atoms with van der Waals surface area (Å²) < 4.78 is 36.3. The molecule has 2 N–H and O–H groups in total. The van der Waals surface area contributed by atoms with Gasteiger partial charge in [-0.1, -0.05) is 0 Å². The molecule has 0 radical (unpaired) electrons. The average molecular weight is 304 g/mol. The van der Waals surface area contributed by atoms with Gasteiger partial charge in [-0.3, -0.25) is 14.9 Å². The van der Waals surface area contributed by atoms with Crippen molar-refractivity contribution >= 4 is 11.7 Å². The van der Waals surface area contributed by atoms with Gasteiger partial charge in [0.1, 0.15) is 5.54 Å². The van der Waals surface area contributed by atoms with Crippen molar-refractivity contribution in [3.05, 3.63) is 33.9 Å². The molecule has 0 saturated heterocycles. The van der Waals surface area contributed by atoms with Gasteiger partial charge in [-0.05, 0) is 6.92 Å². The first-order valence-corrected chi connectivity index (χ1v) is 5.82. The molecule has 1 aromatic rings. The summed E-state index contributed by atoms with van der Waals surface area (Å²) in [5.74, 6) is -3.49. The van der Waals surface area contributed by atoms with Crippen LogP contribution in [-0.2, 0) is 9.53 Å². The summed E-state index contributed by atoms with van der Waals surface area (Å²) in [5.41, 5.74) is 3.32. The fourth-order valence-corrected chi connectivity index (χ4v) is 1.48. The zero-order chi connectivity index (χ0) is 16.2. The average Bonchev–Trinajstić information content (AvgIpc) is 2.40. The number of nitrogens with zero attached hydrogens (tertiary/aromatic N) is 1. The van der Waals surface area contributed by atoms with Gasteiger partial charge in [-0.2, -0.15) is 4.39 Å². The third-order valence-corrected chi connectivity index (χ3v) is 2.73. The molecule has 0 aromatic heterocycles. The van der Waals surface area contributed by atoms with Crippen LogP contribution in [0.2, 0.25) is 0 Å². The number of nitrogens with two attached hydrogens (primary N) is 1. The molecule has 0 amide bonds. The predicted molar refractivity (Wildman–Crippen MR) is 67.7 cm³/mol. The van der Waals surface area contributed by atoms with Crippen molar-refractivity contribution in [1.82, 2.24) is 0 Å². The van der Waals surface area contributed by atoms with Crippen molar-refractivity contribution in [2.45, 2.75) is 18.9 Å². The lowest BCUT2D eigenvalue weighted by atomic mass is 10.0. The summed E-state index contributed by atoms with van der Waals surface area (Å²) in [6, 6.07) is 0.992. The van der Waals surface area contributed by atoms with E-state index in [0.29, 0.717) is 12.1 Å². The summed E-state index contributed by atoms with van der Waals surface area (Å²) in [5, 5.41) is 10.4. The number of carbonyl (C=O) groups excluding carboxylic acids is 1. The van der Waals surface area contributed by atoms with Gasteiger partial charge >= 0.3 is 11.7 Å². The Hall–Kier alpha value is -2.29. The smallest absolute Gasteiger partial charge is 0.325 e. The first-order valence-electron chi connectivity index (χ1n) is 5.82. The van der Waals surface area contributed by atoms with Gasteiger partial charge in [0.15, 0.2) is 11.6 Å². The summed E-state index contributed by atoms with van der Waals surface area (Å²) in [4.78, 5) is 20.7. The largest absolute Gasteiger partial charge is 0.490 e. The monoisotopic (exact) mass is 304 g/mol. The Morgan fingerprint density at radius 1 is 1.43 bits per heavy atom. The fourth-order valence-electron chi connectivity index (χ4n) is 1.48. The quantitative estimate of drug-likeness (QED) is 0.485. The van der Waals surface area contributed by atoms with E-state index < -0.39 is 39.5 Å². The first-order chi connectivity index (χ1) is 9.69. The Balaban J connectivity index is 2.75. The van der Waals surface area contributed by atoms with Gasteiger partial charge < -0.3 is 15.2 Å². The van der Waals surface area contributed by atoms with Crippen molar-refractivity contribution in [1.29, 1.82) is 0 Å². The molecular formula is C12H14F2N2O5. The molecule has 0 aliphatic rings. The Morgan fingerprint density at radius 3 is 2.57 bits per heavy atom. The Bertz CT molecular complexity index is 563. The number of nitro groups is 1. The number of rotatable bonds is 6. The van der Waals surface area contributed by atoms with Gasteiger partial charge in [0.2, 0.25) is 5.82 Å². The number of ether oxygens (including phenoxy) is 2. The van der Waals surface area contributed by atoms with Gasteiger partial charge in [0.05, 0.1) is 24.7 Å². The van der Waals surface area contributed by atoms with Gasteiger partial charge in [-0.25, -0.2) is 4.39 Å². The second kappa shape index (κ2) is 6.44. The van der Waals surface area contributed by atoms with E-state index in [2.05, 4.69) is 4.74 Å². The number of benzene rings is 1. The fraction of sp³-hybridized carbons (Fsp3) is 0.417. The highest BCUT2D eigenvalue weighted by atomic mass is 19.1. The maximum atomic E-state index is 13.5. The standard InChI is InChI=1S/C12H14F2N2O5/c1-12(15,11(17)20-2)3-4-21-10-6-7(13)9(16(18)19)5-8(10)14/h5-6H,3-4,15H2,1-2H3. The topological polar surface area (TPSA) is 105 Å². The van der Waals surface area contributed by atoms with Gasteiger partial charge in [0, 0.05) is 12.5 Å². The minimum atomic E-state index is -1.34. The number of nitro benzene ring substituents is 1. The summed E-state index contributed by atoms with van der Waals surface area (Å²) in [6.07, 6.45) is -0.0162. The molecule has 0 heterocycles. The highest BCUT2D eigenvalue weighted by Gasteiger charge is 2.29. The van der Waals surface area contributed by atoms with Crippen LogP contribution < -0.4 is 10.5 Å². The summed E-state index contributed by atoms with van der Waals surface area (Å²) >= 11 is 0. The molecule has 0 fully saturated rings. The maximum Gasteiger partial charge on any atom is 0.325 e. The summed E-state index contributed by atoms with van der Waals surface area (Å²) in [6.45, 7) is 1.20. The molecule has 0 spiro atoms. The van der Waals surface area contributed by atoms with E-state index >= 15 is 0 Å². The van der Waals surface area contributed by atoms with E-state index in [1.807, 2.05) is 0 Å². The maximum absolute atomic E-state index is 13.5. The van der Waals surface area contributed by atoms with E-state index in [1.165, 1.54) is 14.0 Å². The lowest BCUT2D eigenvalue weighted by Crippen LogP contribution is -2.46. The van der Waals surface area contributed by atoms with Crippen molar-refractivity contribution in [3.8, 4) is 5.75 Å². The number of methoxy groups -OCH3 is 1. The van der Waals surface area contributed by atoms with E-state index in [1.54, 1.807) is 0 Å². The second-order valence-corrected chi connectivity index (χ2v) is 4.50. The molecule has 21 heavy (non-hydrogen) atoms. The third kappa shape index (κ3) is 4.09. The van der Waals surface area contributed by atoms with Crippen LogP contribution in [-0.4, -0.2) is 30.1 Å². The predicted octanol–water partition coefficient (Wildman–Crippen LogP) is 1.53. The Kier molecular flexibility index (Phi) is 5.14. The zero-order valence-corrected chi connectivity index (χ0v) is 11.4. The van der Waals surface area contributed by atoms with E-state index in [9.17, 15) is 23.7 Å². The highest BCUT2D eigenvalue weighted by Crippen LogP contribution is 2.26. The lowest BCUT2D eigenvalue weighted by Gasteiger charge is -2.21. The summed E-state index contributed by atoms with van der Waals surface area (Å²) in [7, 11) is 1.17. The number of esters is 1. The number of halogens is 2.